The topological polar surface area (TPSA) is 121 Å². The Labute approximate surface area is 157 Å². The zero-order chi connectivity index (χ0) is 19.0. The molecule has 4 rings (SSSR count). The molecule has 4 aromatic rings. The van der Waals surface area contributed by atoms with Gasteiger partial charge < -0.3 is 15.8 Å². The van der Waals surface area contributed by atoms with E-state index in [4.69, 9.17) is 5.73 Å². The van der Waals surface area contributed by atoms with Crippen molar-refractivity contribution in [3.8, 4) is 17.0 Å². The summed E-state index contributed by atoms with van der Waals surface area (Å²) in [5, 5.41) is 16.7. The summed E-state index contributed by atoms with van der Waals surface area (Å²) in [5.74, 6) is -1.11. The van der Waals surface area contributed by atoms with Gasteiger partial charge in [-0.3, -0.25) is 14.9 Å². The first kappa shape index (κ1) is 16.8. The van der Waals surface area contributed by atoms with E-state index in [1.807, 2.05) is 24.3 Å². The molecule has 5 N–H and O–H groups in total. The zero-order valence-corrected chi connectivity index (χ0v) is 14.7. The number of carbonyl (C=O) groups excluding carboxylic acids is 2. The van der Waals surface area contributed by atoms with Crippen molar-refractivity contribution < 1.29 is 14.7 Å². The maximum absolute atomic E-state index is 12.5. The molecule has 0 fully saturated rings. The van der Waals surface area contributed by atoms with Gasteiger partial charge >= 0.3 is 0 Å². The Kier molecular flexibility index (Phi) is 4.09. The van der Waals surface area contributed by atoms with E-state index < -0.39 is 11.8 Å². The van der Waals surface area contributed by atoms with Gasteiger partial charge in [-0.1, -0.05) is 24.3 Å². The molecule has 0 aliphatic carbocycles. The predicted octanol–water partition coefficient (Wildman–Crippen LogP) is 3.35. The molecule has 2 aromatic carbocycles. The molecular formula is C19H14N4O3S. The van der Waals surface area contributed by atoms with E-state index in [2.05, 4.69) is 15.3 Å². The van der Waals surface area contributed by atoms with Gasteiger partial charge in [0.25, 0.3) is 11.8 Å². The molecule has 0 atom stereocenters. The number of aromatic hydroxyl groups is 1. The van der Waals surface area contributed by atoms with E-state index in [1.54, 1.807) is 29.8 Å². The molecule has 0 radical (unpaired) electrons. The molecule has 134 valence electrons. The lowest BCUT2D eigenvalue weighted by molar-refractivity contribution is 0.0993. The maximum atomic E-state index is 12.5. The van der Waals surface area contributed by atoms with E-state index in [0.717, 1.165) is 10.8 Å². The fourth-order valence-electron chi connectivity index (χ4n) is 2.72. The van der Waals surface area contributed by atoms with E-state index >= 15 is 0 Å². The van der Waals surface area contributed by atoms with Gasteiger partial charge in [-0.2, -0.15) is 0 Å². The standard InChI is InChI=1S/C19H14N4O3S/c20-17(25)14-6-12(8-21-14)15-9-27-19(22-15)23-18(26)13-5-10-3-1-2-4-11(10)7-16(13)24/h1-9,21,24H,(H2,20,25)(H,22,23,26). The second kappa shape index (κ2) is 6.58. The lowest BCUT2D eigenvalue weighted by Gasteiger charge is -2.06. The molecule has 0 saturated heterocycles. The third-order valence-electron chi connectivity index (χ3n) is 4.08. The number of H-pyrrole nitrogens is 1. The molecule has 2 aromatic heterocycles. The Morgan fingerprint density at radius 2 is 1.89 bits per heavy atom. The fraction of sp³-hybridized carbons (Fsp3) is 0. The van der Waals surface area contributed by atoms with Crippen LogP contribution < -0.4 is 11.1 Å². The molecule has 2 heterocycles. The first-order valence-electron chi connectivity index (χ1n) is 7.98. The van der Waals surface area contributed by atoms with Crippen molar-refractivity contribution in [2.45, 2.75) is 0 Å². The number of amides is 2. The number of fused-ring (bicyclic) bond motifs is 1. The van der Waals surface area contributed by atoms with Crippen LogP contribution in [0, 0.1) is 0 Å². The number of phenols is 1. The molecule has 0 unspecified atom stereocenters. The SMILES string of the molecule is NC(=O)c1cc(-c2csc(NC(=O)c3cc4ccccc4cc3O)n2)c[nH]1. The predicted molar refractivity (Wildman–Crippen MR) is 104 cm³/mol. The minimum Gasteiger partial charge on any atom is -0.507 e. The number of phenolic OH excluding ortho intramolecular Hbond substituents is 1. The molecule has 27 heavy (non-hydrogen) atoms. The van der Waals surface area contributed by atoms with Crippen molar-refractivity contribution in [1.29, 1.82) is 0 Å². The van der Waals surface area contributed by atoms with Crippen LogP contribution in [0.4, 0.5) is 5.13 Å². The lowest BCUT2D eigenvalue weighted by atomic mass is 10.1. The summed E-state index contributed by atoms with van der Waals surface area (Å²) >= 11 is 1.24. The van der Waals surface area contributed by atoms with Crippen LogP contribution in [0.1, 0.15) is 20.8 Å². The van der Waals surface area contributed by atoms with E-state index in [1.165, 1.54) is 11.3 Å². The number of nitrogens with two attached hydrogens (primary N) is 1. The van der Waals surface area contributed by atoms with Crippen LogP contribution in [0.15, 0.2) is 54.0 Å². The van der Waals surface area contributed by atoms with Crippen LogP contribution in [0.5, 0.6) is 5.75 Å². The third kappa shape index (κ3) is 3.25. The molecule has 8 heteroatoms. The van der Waals surface area contributed by atoms with Crippen molar-refractivity contribution in [2.75, 3.05) is 5.32 Å². The minimum atomic E-state index is -0.559. The van der Waals surface area contributed by atoms with Crippen molar-refractivity contribution in [3.63, 3.8) is 0 Å². The number of thiazole rings is 1. The normalized spacial score (nSPS) is 10.8. The first-order chi connectivity index (χ1) is 13.0. The molecule has 0 saturated carbocycles. The van der Waals surface area contributed by atoms with Crippen molar-refractivity contribution in [2.24, 2.45) is 5.73 Å². The van der Waals surface area contributed by atoms with E-state index in [0.29, 0.717) is 16.4 Å². The average molecular weight is 378 g/mol. The summed E-state index contributed by atoms with van der Waals surface area (Å²) in [4.78, 5) is 30.8. The smallest absolute Gasteiger partial charge is 0.265 e. The molecule has 0 aliphatic rings. The molecule has 2 amide bonds. The van der Waals surface area contributed by atoms with Crippen molar-refractivity contribution in [1.82, 2.24) is 9.97 Å². The number of hydrogen-bond donors (Lipinski definition) is 4. The third-order valence-corrected chi connectivity index (χ3v) is 4.84. The van der Waals surface area contributed by atoms with Gasteiger partial charge in [-0.15, -0.1) is 11.3 Å². The molecule has 7 nitrogen and oxygen atoms in total. The van der Waals surface area contributed by atoms with Crippen LogP contribution in [-0.4, -0.2) is 26.9 Å². The van der Waals surface area contributed by atoms with Crippen LogP contribution in [0.25, 0.3) is 22.0 Å². The summed E-state index contributed by atoms with van der Waals surface area (Å²) in [7, 11) is 0. The highest BCUT2D eigenvalue weighted by Crippen LogP contribution is 2.28. The van der Waals surface area contributed by atoms with Crippen molar-refractivity contribution >= 4 is 39.1 Å². The Balaban J connectivity index is 1.57. The summed E-state index contributed by atoms with van der Waals surface area (Å²) in [5.41, 5.74) is 6.97. The minimum absolute atomic E-state index is 0.0975. The van der Waals surface area contributed by atoms with Crippen LogP contribution >= 0.6 is 11.3 Å². The summed E-state index contributed by atoms with van der Waals surface area (Å²) in [6, 6.07) is 12.3. The van der Waals surface area contributed by atoms with E-state index in [-0.39, 0.29) is 17.0 Å². The number of hydrogen-bond acceptors (Lipinski definition) is 5. The second-order valence-corrected chi connectivity index (χ2v) is 6.73. The second-order valence-electron chi connectivity index (χ2n) is 5.87. The lowest BCUT2D eigenvalue weighted by Crippen LogP contribution is -2.12. The highest BCUT2D eigenvalue weighted by atomic mass is 32.1. The quantitative estimate of drug-likeness (QED) is 0.435. The zero-order valence-electron chi connectivity index (χ0n) is 13.9. The molecular weight excluding hydrogens is 364 g/mol. The number of benzene rings is 2. The largest absolute Gasteiger partial charge is 0.507 e. The average Bonchev–Trinajstić information content (AvgIpc) is 3.30. The first-order valence-corrected chi connectivity index (χ1v) is 8.86. The molecule has 0 aliphatic heterocycles. The van der Waals surface area contributed by atoms with Crippen LogP contribution in [0.3, 0.4) is 0 Å². The van der Waals surface area contributed by atoms with Gasteiger partial charge in [0.15, 0.2) is 5.13 Å². The van der Waals surface area contributed by atoms with Gasteiger partial charge in [-0.05, 0) is 29.0 Å². The van der Waals surface area contributed by atoms with Crippen molar-refractivity contribution in [3.05, 3.63) is 65.3 Å². The number of nitrogens with one attached hydrogen (secondary N) is 2. The highest BCUT2D eigenvalue weighted by Gasteiger charge is 2.15. The molecule has 0 spiro atoms. The van der Waals surface area contributed by atoms with Gasteiger partial charge in [0, 0.05) is 17.1 Å². The van der Waals surface area contributed by atoms with Gasteiger partial charge in [0.2, 0.25) is 0 Å². The number of primary amides is 1. The Hall–Kier alpha value is -3.65. The Morgan fingerprint density at radius 1 is 1.15 bits per heavy atom. The number of carbonyl (C=O) groups is 2. The van der Waals surface area contributed by atoms with E-state index in [9.17, 15) is 14.7 Å². The number of anilines is 1. The number of nitrogens with zero attached hydrogens (tertiary/aromatic N) is 1. The Bertz CT molecular complexity index is 1180. The Morgan fingerprint density at radius 3 is 2.59 bits per heavy atom. The highest BCUT2D eigenvalue weighted by molar-refractivity contribution is 7.14. The molecule has 0 bridgehead atoms. The fourth-order valence-corrected chi connectivity index (χ4v) is 3.44. The summed E-state index contributed by atoms with van der Waals surface area (Å²) in [6.07, 6.45) is 1.62. The summed E-state index contributed by atoms with van der Waals surface area (Å²) < 4.78 is 0. The van der Waals surface area contributed by atoms with Gasteiger partial charge in [0.05, 0.1) is 11.3 Å². The van der Waals surface area contributed by atoms with Crippen LogP contribution in [0.2, 0.25) is 0 Å². The number of aromatic amines is 1. The van der Waals surface area contributed by atoms with Gasteiger partial charge in [0.1, 0.15) is 11.4 Å². The van der Waals surface area contributed by atoms with Gasteiger partial charge in [-0.25, -0.2) is 4.98 Å². The monoisotopic (exact) mass is 378 g/mol. The number of rotatable bonds is 4. The number of aromatic nitrogens is 2. The summed E-state index contributed by atoms with van der Waals surface area (Å²) in [6.45, 7) is 0. The maximum Gasteiger partial charge on any atom is 0.265 e. The van der Waals surface area contributed by atoms with Crippen LogP contribution in [-0.2, 0) is 0 Å².